The second-order valence-electron chi connectivity index (χ2n) is 12.8. The fourth-order valence-corrected chi connectivity index (χ4v) is 6.76. The third-order valence-corrected chi connectivity index (χ3v) is 9.67. The molecule has 1 aliphatic carbocycles. The lowest BCUT2D eigenvalue weighted by Crippen LogP contribution is -2.64. The van der Waals surface area contributed by atoms with Crippen molar-refractivity contribution in [1.82, 2.24) is 15.5 Å². The molecule has 1 saturated carbocycles. The number of anilines is 2. The predicted octanol–water partition coefficient (Wildman–Crippen LogP) is 3.68. The largest absolute Gasteiger partial charge is 0.492 e. The molecule has 2 aliphatic heterocycles. The van der Waals surface area contributed by atoms with Crippen LogP contribution >= 0.6 is 11.6 Å². The zero-order valence-electron chi connectivity index (χ0n) is 27.4. The Morgan fingerprint density at radius 2 is 1.79 bits per heavy atom. The van der Waals surface area contributed by atoms with Crippen molar-refractivity contribution < 1.29 is 33.4 Å². The maximum absolute atomic E-state index is 14.1. The Morgan fingerprint density at radius 3 is 2.50 bits per heavy atom. The van der Waals surface area contributed by atoms with Gasteiger partial charge in [0.15, 0.2) is 0 Å². The maximum Gasteiger partial charge on any atom is 0.252 e. The first-order chi connectivity index (χ1) is 23.3. The quantitative estimate of drug-likeness (QED) is 0.235. The Hall–Kier alpha value is -3.45. The van der Waals surface area contributed by atoms with E-state index in [1.54, 1.807) is 30.3 Å². The number of aliphatic hydroxyl groups is 1. The van der Waals surface area contributed by atoms with Crippen molar-refractivity contribution in [2.75, 3.05) is 68.6 Å². The molecule has 2 aromatic carbocycles. The van der Waals surface area contributed by atoms with E-state index in [0.29, 0.717) is 67.4 Å². The number of hydrogen-bond donors (Lipinski definition) is 4. The minimum absolute atomic E-state index is 0.168. The molecule has 2 unspecified atom stereocenters. The lowest BCUT2D eigenvalue weighted by atomic mass is 9.80. The molecule has 4 N–H and O–H groups in total. The summed E-state index contributed by atoms with van der Waals surface area (Å²) in [7, 11) is 0. The number of nitrogens with zero attached hydrogens (tertiary/aromatic N) is 2. The van der Waals surface area contributed by atoms with Crippen LogP contribution in [0.1, 0.15) is 61.7 Å². The second-order valence-corrected chi connectivity index (χ2v) is 13.2. The lowest BCUT2D eigenvalue weighted by molar-refractivity contribution is -0.130. The van der Waals surface area contributed by atoms with Gasteiger partial charge in [0.25, 0.3) is 5.91 Å². The SMILES string of the molecule is O=C(CCCCl)Nc1cc(F)ccc1N1CCC(NC(=O)C2(NC(=O)c3ccc(OCCN4CCOCC4)cc3)CCCCC2)C(O)C1. The average Bonchev–Trinajstić information content (AvgIpc) is 3.09. The Bertz CT molecular complexity index is 1390. The van der Waals surface area contributed by atoms with Gasteiger partial charge in [0.1, 0.15) is 23.7 Å². The van der Waals surface area contributed by atoms with Crippen molar-refractivity contribution >= 4 is 40.7 Å². The summed E-state index contributed by atoms with van der Waals surface area (Å²) in [6.07, 6.45) is 3.79. The van der Waals surface area contributed by atoms with Gasteiger partial charge >= 0.3 is 0 Å². The molecule has 2 aromatic rings. The molecule has 2 saturated heterocycles. The highest BCUT2D eigenvalue weighted by Crippen LogP contribution is 2.32. The van der Waals surface area contributed by atoms with Gasteiger partial charge in [-0.05, 0) is 68.1 Å². The normalized spacial score (nSPS) is 21.3. The van der Waals surface area contributed by atoms with Crippen LogP contribution in [0.25, 0.3) is 0 Å². The molecule has 3 aliphatic rings. The van der Waals surface area contributed by atoms with Crippen molar-refractivity contribution in [3.05, 3.63) is 53.8 Å². The van der Waals surface area contributed by atoms with E-state index in [9.17, 15) is 23.9 Å². The van der Waals surface area contributed by atoms with Crippen LogP contribution in [0.3, 0.4) is 0 Å². The topological polar surface area (TPSA) is 132 Å². The van der Waals surface area contributed by atoms with Crippen molar-refractivity contribution in [1.29, 1.82) is 0 Å². The first-order valence-corrected chi connectivity index (χ1v) is 17.5. The van der Waals surface area contributed by atoms with E-state index in [4.69, 9.17) is 21.1 Å². The number of rotatable bonds is 13. The van der Waals surface area contributed by atoms with Gasteiger partial charge in [0, 0.05) is 50.6 Å². The van der Waals surface area contributed by atoms with Crippen LogP contribution in [0.4, 0.5) is 15.8 Å². The van der Waals surface area contributed by atoms with E-state index in [0.717, 1.165) is 52.1 Å². The zero-order chi connectivity index (χ0) is 33.9. The van der Waals surface area contributed by atoms with E-state index in [2.05, 4.69) is 20.9 Å². The van der Waals surface area contributed by atoms with Crippen LogP contribution < -0.4 is 25.6 Å². The van der Waals surface area contributed by atoms with Crippen LogP contribution in [-0.2, 0) is 14.3 Å². The lowest BCUT2D eigenvalue weighted by Gasteiger charge is -2.41. The average molecular weight is 688 g/mol. The Kier molecular flexibility index (Phi) is 12.9. The van der Waals surface area contributed by atoms with Crippen LogP contribution in [-0.4, -0.2) is 104 Å². The van der Waals surface area contributed by atoms with Gasteiger partial charge in [-0.2, -0.15) is 0 Å². The fourth-order valence-electron chi connectivity index (χ4n) is 6.62. The van der Waals surface area contributed by atoms with Crippen molar-refractivity contribution in [2.45, 2.75) is 69.1 Å². The highest BCUT2D eigenvalue weighted by atomic mass is 35.5. The zero-order valence-corrected chi connectivity index (χ0v) is 28.1. The number of piperidine rings is 1. The summed E-state index contributed by atoms with van der Waals surface area (Å²) in [5.74, 6) is -0.374. The molecule has 13 heteroatoms. The van der Waals surface area contributed by atoms with Gasteiger partial charge in [-0.1, -0.05) is 19.3 Å². The number of nitrogens with one attached hydrogen (secondary N) is 3. The number of aliphatic hydroxyl groups excluding tert-OH is 1. The molecule has 2 atom stereocenters. The minimum Gasteiger partial charge on any atom is -0.492 e. The minimum atomic E-state index is -1.09. The standard InChI is InChI=1S/C35H47ClFN5O6/c36-15-4-5-32(44)38-29-23-26(37)8-11-30(29)42-16-12-28(31(43)24-42)39-34(46)35(13-2-1-3-14-35)40-33(45)25-6-9-27(10-7-25)48-22-19-41-17-20-47-21-18-41/h6-11,23,28,31,43H,1-5,12-22,24H2,(H,38,44)(H,39,46)(H,40,45). The predicted molar refractivity (Wildman–Crippen MR) is 182 cm³/mol. The van der Waals surface area contributed by atoms with E-state index in [-0.39, 0.29) is 30.7 Å². The van der Waals surface area contributed by atoms with Crippen LogP contribution in [0.5, 0.6) is 5.75 Å². The van der Waals surface area contributed by atoms with E-state index >= 15 is 0 Å². The fraction of sp³-hybridized carbons (Fsp3) is 0.571. The van der Waals surface area contributed by atoms with Gasteiger partial charge in [-0.3, -0.25) is 19.3 Å². The Morgan fingerprint density at radius 1 is 1.04 bits per heavy atom. The van der Waals surface area contributed by atoms with Gasteiger partial charge in [0.05, 0.1) is 36.7 Å². The molecule has 11 nitrogen and oxygen atoms in total. The summed E-state index contributed by atoms with van der Waals surface area (Å²) in [5.41, 5.74) is 0.257. The van der Waals surface area contributed by atoms with Crippen LogP contribution in [0.2, 0.25) is 0 Å². The molecule has 2 heterocycles. The number of benzene rings is 2. The number of amides is 3. The van der Waals surface area contributed by atoms with Crippen LogP contribution in [0.15, 0.2) is 42.5 Å². The molecule has 0 spiro atoms. The van der Waals surface area contributed by atoms with Gasteiger partial charge in [-0.25, -0.2) is 4.39 Å². The van der Waals surface area contributed by atoms with Gasteiger partial charge in [0.2, 0.25) is 11.8 Å². The van der Waals surface area contributed by atoms with Gasteiger partial charge in [-0.15, -0.1) is 11.6 Å². The molecule has 0 aromatic heterocycles. The number of carbonyl (C=O) groups excluding carboxylic acids is 3. The highest BCUT2D eigenvalue weighted by molar-refractivity contribution is 6.18. The summed E-state index contributed by atoms with van der Waals surface area (Å²) < 4.78 is 25.4. The van der Waals surface area contributed by atoms with Crippen LogP contribution in [0, 0.1) is 5.82 Å². The molecule has 5 rings (SSSR count). The first-order valence-electron chi connectivity index (χ1n) is 17.0. The highest BCUT2D eigenvalue weighted by Gasteiger charge is 2.43. The monoisotopic (exact) mass is 687 g/mol. The molecule has 3 fully saturated rings. The summed E-state index contributed by atoms with van der Waals surface area (Å²) in [4.78, 5) is 43.8. The summed E-state index contributed by atoms with van der Waals surface area (Å²) in [6, 6.07) is 10.6. The molecular weight excluding hydrogens is 641 g/mol. The molecule has 48 heavy (non-hydrogen) atoms. The molecular formula is C35H47ClFN5O6. The van der Waals surface area contributed by atoms with Crippen molar-refractivity contribution in [3.63, 3.8) is 0 Å². The third kappa shape index (κ3) is 9.58. The summed E-state index contributed by atoms with van der Waals surface area (Å²) in [5, 5.41) is 20.0. The molecule has 3 amide bonds. The second kappa shape index (κ2) is 17.3. The molecule has 0 radical (unpaired) electrons. The number of halogens is 2. The third-order valence-electron chi connectivity index (χ3n) is 9.40. The van der Waals surface area contributed by atoms with E-state index in [1.165, 1.54) is 12.1 Å². The smallest absolute Gasteiger partial charge is 0.252 e. The molecule has 262 valence electrons. The Balaban J connectivity index is 1.17. The number of β-amino-alcohol motifs (C(OH)–C–C–N with tert-alkyl or cyclic N) is 1. The maximum atomic E-state index is 14.1. The van der Waals surface area contributed by atoms with E-state index in [1.807, 2.05) is 4.90 Å². The summed E-state index contributed by atoms with van der Waals surface area (Å²) >= 11 is 5.71. The van der Waals surface area contributed by atoms with Crippen molar-refractivity contribution in [3.8, 4) is 5.75 Å². The summed E-state index contributed by atoms with van der Waals surface area (Å²) in [6.45, 7) is 5.22. The molecule has 0 bridgehead atoms. The number of ether oxygens (including phenoxy) is 2. The first kappa shape index (κ1) is 35.8. The van der Waals surface area contributed by atoms with Crippen molar-refractivity contribution in [2.24, 2.45) is 0 Å². The van der Waals surface area contributed by atoms with E-state index < -0.39 is 23.5 Å². The Labute approximate surface area is 286 Å². The van der Waals surface area contributed by atoms with Gasteiger partial charge < -0.3 is 35.4 Å². The number of hydrogen-bond acceptors (Lipinski definition) is 8. The number of morpholine rings is 1. The number of carbonyl (C=O) groups is 3. The number of alkyl halides is 1.